The number of rotatable bonds is 5. The highest BCUT2D eigenvalue weighted by atomic mass is 32.1. The van der Waals surface area contributed by atoms with Gasteiger partial charge in [-0.2, -0.15) is 0 Å². The van der Waals surface area contributed by atoms with Crippen LogP contribution < -0.4 is 5.32 Å². The number of aromatic nitrogens is 1. The topological polar surface area (TPSA) is 62.2 Å². The fourth-order valence-corrected chi connectivity index (χ4v) is 3.76. The number of nitrogens with zero attached hydrogens (tertiary/aromatic N) is 1. The van der Waals surface area contributed by atoms with Crippen LogP contribution in [-0.4, -0.2) is 28.1 Å². The van der Waals surface area contributed by atoms with Gasteiger partial charge in [-0.3, -0.25) is 4.79 Å². The lowest BCUT2D eigenvalue weighted by Crippen LogP contribution is -2.49. The van der Waals surface area contributed by atoms with E-state index in [1.165, 1.54) is 23.5 Å². The van der Waals surface area contributed by atoms with Gasteiger partial charge in [0.25, 0.3) is 5.91 Å². The smallest absolute Gasteiger partial charge is 0.271 e. The van der Waals surface area contributed by atoms with Gasteiger partial charge in [0.2, 0.25) is 0 Å². The molecular formula is C17H19FN2O2S. The van der Waals surface area contributed by atoms with Gasteiger partial charge in [0.1, 0.15) is 11.5 Å². The van der Waals surface area contributed by atoms with Gasteiger partial charge in [-0.1, -0.05) is 25.0 Å². The van der Waals surface area contributed by atoms with Crippen molar-refractivity contribution in [1.82, 2.24) is 10.3 Å². The van der Waals surface area contributed by atoms with Gasteiger partial charge in [-0.25, -0.2) is 9.37 Å². The lowest BCUT2D eigenvalue weighted by molar-refractivity contribution is 0.0834. The summed E-state index contributed by atoms with van der Waals surface area (Å²) in [5, 5.41) is 15.1. The monoisotopic (exact) mass is 334 g/mol. The molecule has 1 aromatic carbocycles. The molecule has 3 rings (SSSR count). The number of hydrogen-bond acceptors (Lipinski definition) is 4. The van der Waals surface area contributed by atoms with Crippen LogP contribution in [0.4, 0.5) is 4.39 Å². The minimum atomic E-state index is -0.488. The molecule has 122 valence electrons. The van der Waals surface area contributed by atoms with Gasteiger partial charge >= 0.3 is 0 Å². The fourth-order valence-electron chi connectivity index (χ4n) is 2.95. The summed E-state index contributed by atoms with van der Waals surface area (Å²) < 4.78 is 12.9. The summed E-state index contributed by atoms with van der Waals surface area (Å²) in [7, 11) is 0. The number of thiazole rings is 1. The lowest BCUT2D eigenvalue weighted by Gasteiger charge is -2.27. The zero-order valence-electron chi connectivity index (χ0n) is 12.7. The predicted molar refractivity (Wildman–Crippen MR) is 87.1 cm³/mol. The van der Waals surface area contributed by atoms with Crippen molar-refractivity contribution in [3.8, 4) is 0 Å². The fraction of sp³-hybridized carbons (Fsp3) is 0.412. The Morgan fingerprint density at radius 2 is 2.00 bits per heavy atom. The Bertz CT molecular complexity index is 678. The van der Waals surface area contributed by atoms with Gasteiger partial charge in [-0.15, -0.1) is 11.3 Å². The molecule has 0 atom stereocenters. The molecule has 23 heavy (non-hydrogen) atoms. The Morgan fingerprint density at radius 1 is 1.30 bits per heavy atom. The van der Waals surface area contributed by atoms with E-state index in [-0.39, 0.29) is 18.3 Å². The Kier molecular flexibility index (Phi) is 4.73. The summed E-state index contributed by atoms with van der Waals surface area (Å²) in [6.45, 7) is -0.0364. The minimum Gasteiger partial charge on any atom is -0.394 e. The van der Waals surface area contributed by atoms with Crippen LogP contribution in [0.15, 0.2) is 29.6 Å². The van der Waals surface area contributed by atoms with Crippen LogP contribution in [-0.2, 0) is 6.42 Å². The maximum atomic E-state index is 12.9. The van der Waals surface area contributed by atoms with E-state index < -0.39 is 5.54 Å². The molecule has 1 aliphatic carbocycles. The molecule has 1 aliphatic rings. The van der Waals surface area contributed by atoms with Crippen molar-refractivity contribution in [2.24, 2.45) is 0 Å². The van der Waals surface area contributed by atoms with Crippen molar-refractivity contribution in [3.05, 3.63) is 51.7 Å². The van der Waals surface area contributed by atoms with E-state index >= 15 is 0 Å². The molecule has 1 amide bonds. The minimum absolute atomic E-state index is 0.0364. The molecule has 1 fully saturated rings. The van der Waals surface area contributed by atoms with Crippen molar-refractivity contribution in [2.75, 3.05) is 6.61 Å². The first kappa shape index (κ1) is 16.1. The van der Waals surface area contributed by atoms with E-state index in [1.807, 2.05) is 0 Å². The summed E-state index contributed by atoms with van der Waals surface area (Å²) in [5.74, 6) is -0.499. The largest absolute Gasteiger partial charge is 0.394 e. The summed E-state index contributed by atoms with van der Waals surface area (Å²) in [5.41, 5.74) is 0.847. The summed E-state index contributed by atoms with van der Waals surface area (Å²) >= 11 is 1.41. The van der Waals surface area contributed by atoms with Crippen molar-refractivity contribution in [2.45, 2.75) is 37.6 Å². The number of aliphatic hydroxyl groups excluding tert-OH is 1. The average Bonchev–Trinajstić information content (AvgIpc) is 3.20. The second-order valence-corrected chi connectivity index (χ2v) is 6.97. The SMILES string of the molecule is O=C(NC1(CO)CCCC1)c1csc(Cc2ccc(F)cc2)n1. The Balaban J connectivity index is 1.66. The molecule has 0 spiro atoms. The van der Waals surface area contributed by atoms with Gasteiger partial charge in [0, 0.05) is 11.8 Å². The molecule has 2 aromatic rings. The highest BCUT2D eigenvalue weighted by Crippen LogP contribution is 2.29. The number of amides is 1. The van der Waals surface area contributed by atoms with E-state index in [0.717, 1.165) is 36.3 Å². The Hall–Kier alpha value is -1.79. The standard InChI is InChI=1S/C17H19FN2O2S/c18-13-5-3-12(4-6-13)9-15-19-14(10-23-15)16(22)20-17(11-21)7-1-2-8-17/h3-6,10,21H,1-2,7-9,11H2,(H,20,22). The van der Waals surface area contributed by atoms with Crippen LogP contribution in [0.1, 0.15) is 46.7 Å². The quantitative estimate of drug-likeness (QED) is 0.884. The third-order valence-electron chi connectivity index (χ3n) is 4.30. The maximum absolute atomic E-state index is 12.9. The van der Waals surface area contributed by atoms with Gasteiger partial charge < -0.3 is 10.4 Å². The number of carbonyl (C=O) groups is 1. The maximum Gasteiger partial charge on any atom is 0.271 e. The van der Waals surface area contributed by atoms with E-state index in [9.17, 15) is 14.3 Å². The Morgan fingerprint density at radius 3 is 2.65 bits per heavy atom. The number of aliphatic hydroxyl groups is 1. The normalized spacial score (nSPS) is 16.4. The van der Waals surface area contributed by atoms with Gasteiger partial charge in [-0.05, 0) is 30.5 Å². The first-order chi connectivity index (χ1) is 11.1. The predicted octanol–water partition coefficient (Wildman–Crippen LogP) is 2.91. The molecule has 0 radical (unpaired) electrons. The first-order valence-electron chi connectivity index (χ1n) is 7.72. The molecule has 1 heterocycles. The van der Waals surface area contributed by atoms with Gasteiger partial charge in [0.05, 0.1) is 17.2 Å². The zero-order valence-corrected chi connectivity index (χ0v) is 13.5. The number of carbonyl (C=O) groups excluding carboxylic acids is 1. The van der Waals surface area contributed by atoms with E-state index in [4.69, 9.17) is 0 Å². The molecule has 1 saturated carbocycles. The zero-order chi connectivity index (χ0) is 16.3. The molecule has 0 unspecified atom stereocenters. The van der Waals surface area contributed by atoms with Crippen molar-refractivity contribution in [3.63, 3.8) is 0 Å². The van der Waals surface area contributed by atoms with E-state index in [1.54, 1.807) is 17.5 Å². The Labute approximate surface area is 138 Å². The molecule has 4 nitrogen and oxygen atoms in total. The van der Waals surface area contributed by atoms with Crippen LogP contribution in [0.5, 0.6) is 0 Å². The molecule has 1 aromatic heterocycles. The number of hydrogen-bond donors (Lipinski definition) is 2. The summed E-state index contributed by atoms with van der Waals surface area (Å²) in [6.07, 6.45) is 4.23. The summed E-state index contributed by atoms with van der Waals surface area (Å²) in [6, 6.07) is 6.27. The molecule has 0 bridgehead atoms. The molecular weight excluding hydrogens is 315 g/mol. The second kappa shape index (κ2) is 6.76. The third kappa shape index (κ3) is 3.76. The second-order valence-electron chi connectivity index (χ2n) is 6.03. The third-order valence-corrected chi connectivity index (χ3v) is 5.14. The van der Waals surface area contributed by atoms with Crippen LogP contribution in [0.25, 0.3) is 0 Å². The van der Waals surface area contributed by atoms with Crippen LogP contribution >= 0.6 is 11.3 Å². The van der Waals surface area contributed by atoms with E-state index in [0.29, 0.717) is 12.1 Å². The number of nitrogens with one attached hydrogen (secondary N) is 1. The van der Waals surface area contributed by atoms with Crippen molar-refractivity contribution in [1.29, 1.82) is 0 Å². The molecule has 6 heteroatoms. The summed E-state index contributed by atoms with van der Waals surface area (Å²) in [4.78, 5) is 16.7. The molecule has 0 saturated heterocycles. The molecule has 0 aliphatic heterocycles. The lowest BCUT2D eigenvalue weighted by atomic mass is 9.99. The number of halogens is 1. The average molecular weight is 334 g/mol. The molecule has 2 N–H and O–H groups in total. The van der Waals surface area contributed by atoms with Crippen LogP contribution in [0, 0.1) is 5.82 Å². The highest BCUT2D eigenvalue weighted by Gasteiger charge is 2.35. The number of benzene rings is 1. The van der Waals surface area contributed by atoms with Crippen molar-refractivity contribution < 1.29 is 14.3 Å². The first-order valence-corrected chi connectivity index (χ1v) is 8.60. The van der Waals surface area contributed by atoms with Crippen LogP contribution in [0.2, 0.25) is 0 Å². The van der Waals surface area contributed by atoms with E-state index in [2.05, 4.69) is 10.3 Å². The highest BCUT2D eigenvalue weighted by molar-refractivity contribution is 7.09. The van der Waals surface area contributed by atoms with Crippen LogP contribution in [0.3, 0.4) is 0 Å². The van der Waals surface area contributed by atoms with Crippen molar-refractivity contribution >= 4 is 17.2 Å². The van der Waals surface area contributed by atoms with Gasteiger partial charge in [0.15, 0.2) is 0 Å².